The van der Waals surface area contributed by atoms with Crippen molar-refractivity contribution in [2.24, 2.45) is 5.92 Å². The highest BCUT2D eigenvalue weighted by atomic mass is 79.9. The Kier molecular flexibility index (Phi) is 7.42. The Labute approximate surface area is 181 Å². The molecule has 1 aromatic carbocycles. The lowest BCUT2D eigenvalue weighted by molar-refractivity contribution is -0.131. The fourth-order valence-electron chi connectivity index (χ4n) is 3.56. The zero-order chi connectivity index (χ0) is 20.8. The van der Waals surface area contributed by atoms with Crippen molar-refractivity contribution in [1.29, 1.82) is 0 Å². The molecule has 0 atom stereocenters. The second kappa shape index (κ2) is 10.0. The Morgan fingerprint density at radius 3 is 2.28 bits per heavy atom. The molecule has 0 saturated carbocycles. The quantitative estimate of drug-likeness (QED) is 0.579. The highest BCUT2D eigenvalue weighted by molar-refractivity contribution is 9.10. The van der Waals surface area contributed by atoms with Gasteiger partial charge in [0.1, 0.15) is 5.82 Å². The highest BCUT2D eigenvalue weighted by Crippen LogP contribution is 2.17. The summed E-state index contributed by atoms with van der Waals surface area (Å²) in [6.07, 6.45) is 3.32. The van der Waals surface area contributed by atoms with Crippen molar-refractivity contribution >= 4 is 33.4 Å². The summed E-state index contributed by atoms with van der Waals surface area (Å²) >= 11 is 3.40. The van der Waals surface area contributed by atoms with Crippen LogP contribution >= 0.6 is 15.9 Å². The molecule has 154 valence electrons. The molecule has 0 bridgehead atoms. The van der Waals surface area contributed by atoms with Gasteiger partial charge in [0.25, 0.3) is 0 Å². The van der Waals surface area contributed by atoms with E-state index in [1.165, 1.54) is 5.56 Å². The summed E-state index contributed by atoms with van der Waals surface area (Å²) in [5.74, 6) is 1.61. The van der Waals surface area contributed by atoms with Crippen LogP contribution in [0.15, 0.2) is 47.1 Å². The summed E-state index contributed by atoms with van der Waals surface area (Å²) in [7, 11) is 0. The molecule has 0 spiro atoms. The number of nitrogens with zero attached hydrogens (tertiary/aromatic N) is 3. The summed E-state index contributed by atoms with van der Waals surface area (Å²) in [4.78, 5) is 33.4. The van der Waals surface area contributed by atoms with Crippen molar-refractivity contribution in [3.05, 3.63) is 58.2 Å². The standard InChI is InChI=1S/C23H28BrN3O2/c1-17(2)15-18-3-5-19(6-4-18)21(28)8-10-23(29)27-13-11-26(12-14-27)22-9-7-20(24)16-25-22/h3-7,9,16-17H,8,10-15H2,1-2H3. The van der Waals surface area contributed by atoms with Gasteiger partial charge in [-0.3, -0.25) is 9.59 Å². The third-order valence-electron chi connectivity index (χ3n) is 5.15. The number of ketones is 1. The van der Waals surface area contributed by atoms with Crippen LogP contribution in [-0.2, 0) is 11.2 Å². The minimum atomic E-state index is 0.0344. The van der Waals surface area contributed by atoms with Gasteiger partial charge in [-0.2, -0.15) is 0 Å². The first kappa shape index (κ1) is 21.5. The summed E-state index contributed by atoms with van der Waals surface area (Å²) in [6.45, 7) is 7.19. The molecule has 1 aromatic heterocycles. The van der Waals surface area contributed by atoms with E-state index in [0.29, 0.717) is 24.6 Å². The van der Waals surface area contributed by atoms with Crippen LogP contribution in [0.1, 0.15) is 42.6 Å². The minimum Gasteiger partial charge on any atom is -0.353 e. The molecule has 1 amide bonds. The lowest BCUT2D eigenvalue weighted by atomic mass is 9.99. The molecule has 0 N–H and O–H groups in total. The van der Waals surface area contributed by atoms with Crippen molar-refractivity contribution in [2.45, 2.75) is 33.1 Å². The molecular formula is C23H28BrN3O2. The van der Waals surface area contributed by atoms with Gasteiger partial charge in [-0.1, -0.05) is 38.1 Å². The first-order valence-electron chi connectivity index (χ1n) is 10.2. The topological polar surface area (TPSA) is 53.5 Å². The van der Waals surface area contributed by atoms with Gasteiger partial charge in [0.15, 0.2) is 5.78 Å². The van der Waals surface area contributed by atoms with E-state index in [1.807, 2.05) is 41.3 Å². The molecule has 5 nitrogen and oxygen atoms in total. The molecule has 0 aliphatic carbocycles. The van der Waals surface area contributed by atoms with E-state index in [9.17, 15) is 9.59 Å². The van der Waals surface area contributed by atoms with Gasteiger partial charge in [-0.15, -0.1) is 0 Å². The monoisotopic (exact) mass is 457 g/mol. The van der Waals surface area contributed by atoms with Crippen LogP contribution < -0.4 is 4.90 Å². The first-order chi connectivity index (χ1) is 13.9. The van der Waals surface area contributed by atoms with Gasteiger partial charge in [-0.25, -0.2) is 4.98 Å². The predicted octanol–water partition coefficient (Wildman–Crippen LogP) is 4.35. The summed E-state index contributed by atoms with van der Waals surface area (Å²) < 4.78 is 0.953. The van der Waals surface area contributed by atoms with E-state index < -0.39 is 0 Å². The highest BCUT2D eigenvalue weighted by Gasteiger charge is 2.22. The van der Waals surface area contributed by atoms with Crippen LogP contribution in [-0.4, -0.2) is 47.8 Å². The number of halogens is 1. The molecule has 1 saturated heterocycles. The Morgan fingerprint density at radius 2 is 1.69 bits per heavy atom. The molecule has 3 rings (SSSR count). The Morgan fingerprint density at radius 1 is 1.00 bits per heavy atom. The van der Waals surface area contributed by atoms with Crippen LogP contribution in [0.2, 0.25) is 0 Å². The third-order valence-corrected chi connectivity index (χ3v) is 5.62. The number of piperazine rings is 1. The Bertz CT molecular complexity index is 826. The van der Waals surface area contributed by atoms with Crippen LogP contribution in [0.25, 0.3) is 0 Å². The smallest absolute Gasteiger partial charge is 0.223 e. The third kappa shape index (κ3) is 6.13. The van der Waals surface area contributed by atoms with E-state index >= 15 is 0 Å². The van der Waals surface area contributed by atoms with Gasteiger partial charge in [0.05, 0.1) is 0 Å². The van der Waals surface area contributed by atoms with E-state index in [0.717, 1.165) is 29.8 Å². The number of amides is 1. The molecule has 0 radical (unpaired) electrons. The zero-order valence-corrected chi connectivity index (χ0v) is 18.7. The fourth-order valence-corrected chi connectivity index (χ4v) is 3.80. The molecular weight excluding hydrogens is 430 g/mol. The van der Waals surface area contributed by atoms with E-state index in [2.05, 4.69) is 39.7 Å². The normalized spacial score (nSPS) is 14.3. The average molecular weight is 458 g/mol. The molecule has 1 fully saturated rings. The maximum Gasteiger partial charge on any atom is 0.223 e. The largest absolute Gasteiger partial charge is 0.353 e. The van der Waals surface area contributed by atoms with Crippen LogP contribution in [0.4, 0.5) is 5.82 Å². The minimum absolute atomic E-state index is 0.0344. The van der Waals surface area contributed by atoms with Crippen molar-refractivity contribution in [3.8, 4) is 0 Å². The van der Waals surface area contributed by atoms with Crippen molar-refractivity contribution in [3.63, 3.8) is 0 Å². The molecule has 1 aliphatic heterocycles. The summed E-state index contributed by atoms with van der Waals surface area (Å²) in [5, 5.41) is 0. The van der Waals surface area contributed by atoms with Gasteiger partial charge in [-0.05, 0) is 46.0 Å². The Hall–Kier alpha value is -2.21. The number of pyridine rings is 1. The summed E-state index contributed by atoms with van der Waals surface area (Å²) in [5.41, 5.74) is 1.93. The van der Waals surface area contributed by atoms with Crippen molar-refractivity contribution in [1.82, 2.24) is 9.88 Å². The molecule has 2 aromatic rings. The van der Waals surface area contributed by atoms with E-state index in [4.69, 9.17) is 0 Å². The number of hydrogen-bond donors (Lipinski definition) is 0. The number of Topliss-reactive ketones (excluding diaryl/α,β-unsaturated/α-hetero) is 1. The van der Waals surface area contributed by atoms with E-state index in [-0.39, 0.29) is 24.5 Å². The molecule has 1 aliphatic rings. The SMILES string of the molecule is CC(C)Cc1ccc(C(=O)CCC(=O)N2CCN(c3ccc(Br)cn3)CC2)cc1. The van der Waals surface area contributed by atoms with Gasteiger partial charge in [0, 0.05) is 55.3 Å². The molecule has 6 heteroatoms. The van der Waals surface area contributed by atoms with E-state index in [1.54, 1.807) is 6.20 Å². The second-order valence-electron chi connectivity index (χ2n) is 7.92. The average Bonchev–Trinajstić information content (AvgIpc) is 2.72. The molecule has 29 heavy (non-hydrogen) atoms. The predicted molar refractivity (Wildman–Crippen MR) is 119 cm³/mol. The van der Waals surface area contributed by atoms with Crippen molar-refractivity contribution < 1.29 is 9.59 Å². The number of anilines is 1. The zero-order valence-electron chi connectivity index (χ0n) is 17.1. The fraction of sp³-hybridized carbons (Fsp3) is 0.435. The Balaban J connectivity index is 1.45. The molecule has 2 heterocycles. The number of carbonyl (C=O) groups is 2. The number of rotatable bonds is 7. The van der Waals surface area contributed by atoms with Crippen LogP contribution in [0.3, 0.4) is 0 Å². The van der Waals surface area contributed by atoms with Crippen LogP contribution in [0.5, 0.6) is 0 Å². The maximum absolute atomic E-state index is 12.5. The first-order valence-corrected chi connectivity index (χ1v) is 11.0. The number of hydrogen-bond acceptors (Lipinski definition) is 4. The summed E-state index contributed by atoms with van der Waals surface area (Å²) in [6, 6.07) is 11.8. The van der Waals surface area contributed by atoms with Gasteiger partial charge in [0.2, 0.25) is 5.91 Å². The second-order valence-corrected chi connectivity index (χ2v) is 8.84. The van der Waals surface area contributed by atoms with Crippen LogP contribution in [0, 0.1) is 5.92 Å². The maximum atomic E-state index is 12.5. The van der Waals surface area contributed by atoms with Gasteiger partial charge >= 0.3 is 0 Å². The van der Waals surface area contributed by atoms with Crippen molar-refractivity contribution in [2.75, 3.05) is 31.1 Å². The molecule has 0 unspecified atom stereocenters. The number of aromatic nitrogens is 1. The lowest BCUT2D eigenvalue weighted by Crippen LogP contribution is -2.49. The number of carbonyl (C=O) groups excluding carboxylic acids is 2. The number of benzene rings is 1. The van der Waals surface area contributed by atoms with Gasteiger partial charge < -0.3 is 9.80 Å². The lowest BCUT2D eigenvalue weighted by Gasteiger charge is -2.35.